The lowest BCUT2D eigenvalue weighted by molar-refractivity contribution is -0.114. The molecular weight excluding hydrogens is 296 g/mol. The van der Waals surface area contributed by atoms with Crippen LogP contribution in [0.5, 0.6) is 5.75 Å². The fraction of sp³-hybridized carbons (Fsp3) is 0.333. The van der Waals surface area contributed by atoms with Gasteiger partial charge in [0, 0.05) is 12.8 Å². The van der Waals surface area contributed by atoms with Gasteiger partial charge in [-0.1, -0.05) is 30.4 Å². The van der Waals surface area contributed by atoms with Crippen LogP contribution in [0.4, 0.5) is 0 Å². The summed E-state index contributed by atoms with van der Waals surface area (Å²) in [5, 5.41) is 19.7. The summed E-state index contributed by atoms with van der Waals surface area (Å²) in [5.74, 6) is -1.08. The molecule has 2 N–H and O–H groups in total. The number of phenolic OH excluding ortho intramolecular Hbond substituents is 1. The minimum Gasteiger partial charge on any atom is -0.507 e. The van der Waals surface area contributed by atoms with Crippen molar-refractivity contribution in [3.05, 3.63) is 53.6 Å². The van der Waals surface area contributed by atoms with Gasteiger partial charge in [0.05, 0.1) is 6.10 Å². The standard InChI is InChI=1S/C18H20O5/c1-12-5-2-7-14(19)8-4-9-15(20)11-13-6-3-10-16(21)17(13)18(22)23-12/h2-4,6-7,9-10,12,14,19,21H,5,8,11H2,1H3/b7-2-,9-4-/t12-,14?/m1/s1. The molecule has 0 amide bonds. The summed E-state index contributed by atoms with van der Waals surface area (Å²) < 4.78 is 5.31. The molecule has 0 aliphatic carbocycles. The molecular formula is C18H20O5. The molecule has 122 valence electrons. The van der Waals surface area contributed by atoms with E-state index in [0.717, 1.165) is 0 Å². The number of ketones is 1. The molecule has 1 aromatic rings. The number of benzene rings is 1. The van der Waals surface area contributed by atoms with E-state index in [0.29, 0.717) is 18.4 Å². The van der Waals surface area contributed by atoms with E-state index < -0.39 is 18.2 Å². The minimum absolute atomic E-state index is 0.0182. The largest absolute Gasteiger partial charge is 0.507 e. The number of rotatable bonds is 0. The van der Waals surface area contributed by atoms with Crippen LogP contribution >= 0.6 is 0 Å². The van der Waals surface area contributed by atoms with Crippen LogP contribution in [0.25, 0.3) is 0 Å². The van der Waals surface area contributed by atoms with Gasteiger partial charge in [-0.15, -0.1) is 0 Å². The Hall–Kier alpha value is -2.40. The predicted molar refractivity (Wildman–Crippen MR) is 85.2 cm³/mol. The summed E-state index contributed by atoms with van der Waals surface area (Å²) >= 11 is 0. The number of esters is 1. The van der Waals surface area contributed by atoms with Crippen LogP contribution in [-0.4, -0.2) is 34.2 Å². The molecule has 23 heavy (non-hydrogen) atoms. The number of aliphatic hydroxyl groups is 1. The summed E-state index contributed by atoms with van der Waals surface area (Å²) in [5.41, 5.74) is 0.451. The van der Waals surface area contributed by atoms with Crippen molar-refractivity contribution in [3.8, 4) is 5.75 Å². The van der Waals surface area contributed by atoms with Gasteiger partial charge in [-0.05, 0) is 31.1 Å². The topological polar surface area (TPSA) is 83.8 Å². The van der Waals surface area contributed by atoms with E-state index >= 15 is 0 Å². The third-order valence-electron chi connectivity index (χ3n) is 3.51. The second-order valence-corrected chi connectivity index (χ2v) is 5.54. The van der Waals surface area contributed by atoms with E-state index in [9.17, 15) is 19.8 Å². The fourth-order valence-electron chi connectivity index (χ4n) is 2.35. The van der Waals surface area contributed by atoms with Gasteiger partial charge in [0.1, 0.15) is 17.4 Å². The van der Waals surface area contributed by atoms with Crippen LogP contribution in [0.2, 0.25) is 0 Å². The Bertz CT molecular complexity index is 645. The summed E-state index contributed by atoms with van der Waals surface area (Å²) in [6.45, 7) is 1.73. The molecule has 0 fully saturated rings. The quantitative estimate of drug-likeness (QED) is 0.567. The first-order chi connectivity index (χ1) is 11.0. The number of aliphatic hydroxyl groups excluding tert-OH is 1. The Labute approximate surface area is 134 Å². The maximum absolute atomic E-state index is 12.3. The molecule has 0 radical (unpaired) electrons. The molecule has 2 rings (SSSR count). The zero-order valence-electron chi connectivity index (χ0n) is 12.9. The van der Waals surface area contributed by atoms with Crippen LogP contribution in [0.1, 0.15) is 35.7 Å². The molecule has 1 aliphatic rings. The second kappa shape index (κ2) is 7.74. The van der Waals surface area contributed by atoms with E-state index in [-0.39, 0.29) is 23.5 Å². The van der Waals surface area contributed by atoms with E-state index in [2.05, 4.69) is 0 Å². The van der Waals surface area contributed by atoms with E-state index in [1.165, 1.54) is 12.1 Å². The third kappa shape index (κ3) is 4.79. The fourth-order valence-corrected chi connectivity index (χ4v) is 2.35. The molecule has 1 unspecified atom stereocenters. The van der Waals surface area contributed by atoms with Crippen LogP contribution in [0.15, 0.2) is 42.5 Å². The van der Waals surface area contributed by atoms with Crippen LogP contribution in [0.3, 0.4) is 0 Å². The molecule has 1 heterocycles. The first-order valence-electron chi connectivity index (χ1n) is 7.53. The van der Waals surface area contributed by atoms with Gasteiger partial charge in [-0.2, -0.15) is 0 Å². The normalized spacial score (nSPS) is 25.8. The lowest BCUT2D eigenvalue weighted by Crippen LogP contribution is -2.17. The molecule has 0 saturated heterocycles. The number of carbonyl (C=O) groups excluding carboxylic acids is 2. The zero-order chi connectivity index (χ0) is 16.8. The number of carbonyl (C=O) groups is 2. The molecule has 0 saturated carbocycles. The number of fused-ring (bicyclic) bond motifs is 1. The highest BCUT2D eigenvalue weighted by Crippen LogP contribution is 2.24. The number of ether oxygens (including phenoxy) is 1. The van der Waals surface area contributed by atoms with Gasteiger partial charge in [-0.3, -0.25) is 4.79 Å². The number of cyclic esters (lactones) is 1. The number of hydrogen-bond donors (Lipinski definition) is 2. The lowest BCUT2D eigenvalue weighted by atomic mass is 10.0. The number of aromatic hydroxyl groups is 1. The first-order valence-corrected chi connectivity index (χ1v) is 7.53. The number of allylic oxidation sites excluding steroid dienone is 1. The van der Waals surface area contributed by atoms with E-state index in [1.807, 2.05) is 0 Å². The summed E-state index contributed by atoms with van der Waals surface area (Å²) in [6.07, 6.45) is 6.01. The molecule has 2 atom stereocenters. The van der Waals surface area contributed by atoms with Crippen LogP contribution < -0.4 is 0 Å². The maximum Gasteiger partial charge on any atom is 0.342 e. The monoisotopic (exact) mass is 316 g/mol. The average molecular weight is 316 g/mol. The summed E-state index contributed by atoms with van der Waals surface area (Å²) in [7, 11) is 0. The van der Waals surface area contributed by atoms with Crippen molar-refractivity contribution < 1.29 is 24.5 Å². The van der Waals surface area contributed by atoms with Crippen molar-refractivity contribution in [2.75, 3.05) is 0 Å². The first kappa shape index (κ1) is 17.0. The molecule has 5 nitrogen and oxygen atoms in total. The summed E-state index contributed by atoms with van der Waals surface area (Å²) in [6, 6.07) is 4.59. The SMILES string of the molecule is C[C@@H]1C/C=C\C(O)C/C=C\C(=O)Cc2cccc(O)c2C(=O)O1. The molecule has 1 aromatic carbocycles. The van der Waals surface area contributed by atoms with E-state index in [1.54, 1.807) is 37.3 Å². The van der Waals surface area contributed by atoms with Gasteiger partial charge in [-0.25, -0.2) is 4.79 Å². The smallest absolute Gasteiger partial charge is 0.342 e. The Morgan fingerprint density at radius 2 is 1.96 bits per heavy atom. The van der Waals surface area contributed by atoms with Gasteiger partial charge in [0.15, 0.2) is 5.78 Å². The highest BCUT2D eigenvalue weighted by Gasteiger charge is 2.20. The lowest BCUT2D eigenvalue weighted by Gasteiger charge is -2.15. The second-order valence-electron chi connectivity index (χ2n) is 5.54. The van der Waals surface area contributed by atoms with Crippen molar-refractivity contribution in [1.82, 2.24) is 0 Å². The molecule has 0 aromatic heterocycles. The molecule has 1 aliphatic heterocycles. The number of phenols is 1. The highest BCUT2D eigenvalue weighted by molar-refractivity contribution is 5.98. The van der Waals surface area contributed by atoms with Gasteiger partial charge < -0.3 is 14.9 Å². The molecule has 5 heteroatoms. The molecule has 0 spiro atoms. The van der Waals surface area contributed by atoms with Crippen molar-refractivity contribution >= 4 is 11.8 Å². The number of hydrogen-bond acceptors (Lipinski definition) is 5. The Balaban J connectivity index is 2.35. The highest BCUT2D eigenvalue weighted by atomic mass is 16.5. The minimum atomic E-state index is -0.679. The molecule has 0 bridgehead atoms. The van der Waals surface area contributed by atoms with Crippen molar-refractivity contribution in [2.24, 2.45) is 0 Å². The van der Waals surface area contributed by atoms with Crippen LogP contribution in [0, 0.1) is 0 Å². The Morgan fingerprint density at radius 1 is 1.17 bits per heavy atom. The third-order valence-corrected chi connectivity index (χ3v) is 3.51. The van der Waals surface area contributed by atoms with Gasteiger partial charge in [0.2, 0.25) is 0 Å². The predicted octanol–water partition coefficient (Wildman–Crippen LogP) is 2.32. The van der Waals surface area contributed by atoms with Crippen molar-refractivity contribution in [3.63, 3.8) is 0 Å². The zero-order valence-corrected chi connectivity index (χ0v) is 12.9. The van der Waals surface area contributed by atoms with Crippen molar-refractivity contribution in [2.45, 2.75) is 38.4 Å². The van der Waals surface area contributed by atoms with Crippen LogP contribution in [-0.2, 0) is 16.0 Å². The van der Waals surface area contributed by atoms with Gasteiger partial charge in [0.25, 0.3) is 0 Å². The van der Waals surface area contributed by atoms with Gasteiger partial charge >= 0.3 is 5.97 Å². The van der Waals surface area contributed by atoms with Crippen molar-refractivity contribution in [1.29, 1.82) is 0 Å². The summed E-state index contributed by atoms with van der Waals surface area (Å²) in [4.78, 5) is 24.3. The van der Waals surface area contributed by atoms with E-state index in [4.69, 9.17) is 4.74 Å². The maximum atomic E-state index is 12.3. The average Bonchev–Trinajstić information content (AvgIpc) is 2.46. The Morgan fingerprint density at radius 3 is 2.74 bits per heavy atom. The Kier molecular flexibility index (Phi) is 5.71.